The molecule has 110 valence electrons. The molecular weight excluding hydrogens is 256 g/mol. The largest absolute Gasteiger partial charge is 0.299 e. The maximum absolute atomic E-state index is 12.1. The van der Waals surface area contributed by atoms with Gasteiger partial charge in [-0.1, -0.05) is 67.9 Å². The normalized spacial score (nSPS) is 10.9. The first-order chi connectivity index (χ1) is 10.0. The fraction of sp³-hybridized carbons (Fsp3) is 0.350. The zero-order chi connectivity index (χ0) is 15.2. The minimum absolute atomic E-state index is 0.274. The summed E-state index contributed by atoms with van der Waals surface area (Å²) in [7, 11) is 0. The van der Waals surface area contributed by atoms with Crippen LogP contribution >= 0.6 is 0 Å². The van der Waals surface area contributed by atoms with Crippen LogP contribution in [0.3, 0.4) is 0 Å². The van der Waals surface area contributed by atoms with Crippen LogP contribution in [0.5, 0.6) is 0 Å². The highest BCUT2D eigenvalue weighted by atomic mass is 16.1. The minimum Gasteiger partial charge on any atom is -0.299 e. The average molecular weight is 280 g/mol. The Balaban J connectivity index is 1.91. The van der Waals surface area contributed by atoms with Crippen LogP contribution < -0.4 is 0 Å². The van der Waals surface area contributed by atoms with E-state index in [1.54, 1.807) is 0 Å². The molecule has 0 spiro atoms. The Hall–Kier alpha value is -1.89. The molecule has 0 radical (unpaired) electrons. The molecule has 0 N–H and O–H groups in total. The number of Topliss-reactive ketones (excluding diaryl/α,β-unsaturated/α-hetero) is 1. The van der Waals surface area contributed by atoms with E-state index in [4.69, 9.17) is 0 Å². The van der Waals surface area contributed by atoms with Crippen molar-refractivity contribution in [2.24, 2.45) is 5.92 Å². The van der Waals surface area contributed by atoms with Crippen LogP contribution in [-0.4, -0.2) is 5.78 Å². The van der Waals surface area contributed by atoms with Gasteiger partial charge in [0.05, 0.1) is 0 Å². The third-order valence-electron chi connectivity index (χ3n) is 3.59. The van der Waals surface area contributed by atoms with Crippen LogP contribution in [0.25, 0.3) is 0 Å². The Bertz CT molecular complexity index is 576. The van der Waals surface area contributed by atoms with E-state index in [0.29, 0.717) is 18.8 Å². The van der Waals surface area contributed by atoms with Crippen molar-refractivity contribution in [2.45, 2.75) is 40.0 Å². The first kappa shape index (κ1) is 15.5. The number of hydrogen-bond acceptors (Lipinski definition) is 1. The van der Waals surface area contributed by atoms with Crippen molar-refractivity contribution >= 4 is 5.78 Å². The van der Waals surface area contributed by atoms with Gasteiger partial charge in [0.25, 0.3) is 0 Å². The second-order valence-electron chi connectivity index (χ2n) is 6.29. The van der Waals surface area contributed by atoms with E-state index in [-0.39, 0.29) is 5.78 Å². The Kier molecular flexibility index (Phi) is 5.32. The average Bonchev–Trinajstić information content (AvgIpc) is 2.43. The van der Waals surface area contributed by atoms with Crippen molar-refractivity contribution in [2.75, 3.05) is 0 Å². The van der Waals surface area contributed by atoms with Crippen LogP contribution in [-0.2, 0) is 24.1 Å². The van der Waals surface area contributed by atoms with Crippen molar-refractivity contribution < 1.29 is 4.79 Å². The number of aryl methyl sites for hydroxylation is 1. The van der Waals surface area contributed by atoms with Crippen molar-refractivity contribution in [1.82, 2.24) is 0 Å². The van der Waals surface area contributed by atoms with E-state index < -0.39 is 0 Å². The lowest BCUT2D eigenvalue weighted by Crippen LogP contribution is -2.06. The first-order valence-corrected chi connectivity index (χ1v) is 7.68. The molecule has 0 aliphatic heterocycles. The number of carbonyl (C=O) groups excluding carboxylic acids is 1. The van der Waals surface area contributed by atoms with E-state index >= 15 is 0 Å². The lowest BCUT2D eigenvalue weighted by Gasteiger charge is -2.06. The molecule has 0 saturated carbocycles. The highest BCUT2D eigenvalue weighted by molar-refractivity contribution is 5.83. The summed E-state index contributed by atoms with van der Waals surface area (Å²) in [5.41, 5.74) is 4.79. The van der Waals surface area contributed by atoms with Crippen molar-refractivity contribution in [3.63, 3.8) is 0 Å². The second-order valence-corrected chi connectivity index (χ2v) is 6.29. The predicted molar refractivity (Wildman–Crippen MR) is 88.6 cm³/mol. The van der Waals surface area contributed by atoms with Gasteiger partial charge in [-0.3, -0.25) is 4.79 Å². The minimum atomic E-state index is 0.274. The monoisotopic (exact) mass is 280 g/mol. The van der Waals surface area contributed by atoms with Crippen LogP contribution in [0.2, 0.25) is 0 Å². The molecule has 2 aromatic rings. The standard InChI is InChI=1S/C20H24O/c1-15(2)12-17-8-10-19(11-9-17)14-20(21)13-18-6-4-16(3)5-7-18/h4-11,15H,12-14H2,1-3H3. The van der Waals surface area contributed by atoms with Gasteiger partial charge in [-0.05, 0) is 36.0 Å². The SMILES string of the molecule is Cc1ccc(CC(=O)Cc2ccc(CC(C)C)cc2)cc1. The zero-order valence-corrected chi connectivity index (χ0v) is 13.2. The van der Waals surface area contributed by atoms with Gasteiger partial charge < -0.3 is 0 Å². The molecule has 0 amide bonds. The summed E-state index contributed by atoms with van der Waals surface area (Å²) in [6.45, 7) is 6.50. The molecule has 0 aromatic heterocycles. The van der Waals surface area contributed by atoms with Crippen LogP contribution in [0, 0.1) is 12.8 Å². The summed E-state index contributed by atoms with van der Waals surface area (Å²) in [5.74, 6) is 0.939. The topological polar surface area (TPSA) is 17.1 Å². The van der Waals surface area contributed by atoms with Gasteiger partial charge in [0.1, 0.15) is 5.78 Å². The smallest absolute Gasteiger partial charge is 0.141 e. The van der Waals surface area contributed by atoms with Gasteiger partial charge in [0, 0.05) is 12.8 Å². The van der Waals surface area contributed by atoms with Crippen LogP contribution in [0.4, 0.5) is 0 Å². The molecule has 0 aliphatic carbocycles. The lowest BCUT2D eigenvalue weighted by molar-refractivity contribution is -0.117. The second kappa shape index (κ2) is 7.21. The van der Waals surface area contributed by atoms with E-state index in [1.807, 2.05) is 12.1 Å². The number of hydrogen-bond donors (Lipinski definition) is 0. The first-order valence-electron chi connectivity index (χ1n) is 7.68. The maximum atomic E-state index is 12.1. The fourth-order valence-corrected chi connectivity index (χ4v) is 2.49. The molecule has 0 bridgehead atoms. The molecule has 1 heteroatoms. The summed E-state index contributed by atoms with van der Waals surface area (Å²) in [4.78, 5) is 12.1. The quantitative estimate of drug-likeness (QED) is 0.758. The molecule has 0 unspecified atom stereocenters. The van der Waals surface area contributed by atoms with Gasteiger partial charge in [-0.2, -0.15) is 0 Å². The molecule has 1 nitrogen and oxygen atoms in total. The van der Waals surface area contributed by atoms with Crippen molar-refractivity contribution in [3.05, 3.63) is 70.8 Å². The summed E-state index contributed by atoms with van der Waals surface area (Å²) >= 11 is 0. The Morgan fingerprint density at radius 3 is 1.71 bits per heavy atom. The zero-order valence-electron chi connectivity index (χ0n) is 13.2. The van der Waals surface area contributed by atoms with Crippen LogP contribution in [0.1, 0.15) is 36.1 Å². The molecule has 21 heavy (non-hydrogen) atoms. The third kappa shape index (κ3) is 5.18. The lowest BCUT2D eigenvalue weighted by atomic mass is 9.98. The van der Waals surface area contributed by atoms with Gasteiger partial charge in [0.15, 0.2) is 0 Å². The highest BCUT2D eigenvalue weighted by Crippen LogP contribution is 2.12. The summed E-state index contributed by atoms with van der Waals surface area (Å²) in [6.07, 6.45) is 2.14. The van der Waals surface area contributed by atoms with Gasteiger partial charge in [-0.25, -0.2) is 0 Å². The summed E-state index contributed by atoms with van der Waals surface area (Å²) in [5, 5.41) is 0. The molecule has 2 rings (SSSR count). The Morgan fingerprint density at radius 1 is 0.810 bits per heavy atom. The molecule has 0 fully saturated rings. The third-order valence-corrected chi connectivity index (χ3v) is 3.59. The number of rotatable bonds is 6. The van der Waals surface area contributed by atoms with Crippen LogP contribution in [0.15, 0.2) is 48.5 Å². The van der Waals surface area contributed by atoms with Crippen molar-refractivity contribution in [1.29, 1.82) is 0 Å². The maximum Gasteiger partial charge on any atom is 0.141 e. The fourth-order valence-electron chi connectivity index (χ4n) is 2.49. The van der Waals surface area contributed by atoms with Gasteiger partial charge in [-0.15, -0.1) is 0 Å². The molecule has 0 atom stereocenters. The number of ketones is 1. The Morgan fingerprint density at radius 2 is 1.24 bits per heavy atom. The van der Waals surface area contributed by atoms with Gasteiger partial charge in [0.2, 0.25) is 0 Å². The molecule has 0 saturated heterocycles. The summed E-state index contributed by atoms with van der Waals surface area (Å²) < 4.78 is 0. The number of benzene rings is 2. The van der Waals surface area contributed by atoms with E-state index in [0.717, 1.165) is 17.5 Å². The van der Waals surface area contributed by atoms with Crippen molar-refractivity contribution in [3.8, 4) is 0 Å². The molecule has 0 aliphatic rings. The van der Waals surface area contributed by atoms with E-state index in [9.17, 15) is 4.79 Å². The van der Waals surface area contributed by atoms with E-state index in [1.165, 1.54) is 11.1 Å². The number of carbonyl (C=O) groups is 1. The van der Waals surface area contributed by atoms with E-state index in [2.05, 4.69) is 57.2 Å². The predicted octanol–water partition coefficient (Wildman–Crippen LogP) is 4.55. The highest BCUT2D eigenvalue weighted by Gasteiger charge is 2.06. The Labute approximate surface area is 128 Å². The molecule has 2 aromatic carbocycles. The van der Waals surface area contributed by atoms with Gasteiger partial charge >= 0.3 is 0 Å². The molecular formula is C20H24O. The molecule has 0 heterocycles. The summed E-state index contributed by atoms with van der Waals surface area (Å²) in [6, 6.07) is 16.7.